The van der Waals surface area contributed by atoms with E-state index in [4.69, 9.17) is 0 Å². The molecule has 0 aliphatic rings. The number of nitrogens with zero attached hydrogens (tertiary/aromatic N) is 3. The van der Waals surface area contributed by atoms with Gasteiger partial charge in [-0.2, -0.15) is 5.10 Å². The van der Waals surface area contributed by atoms with Gasteiger partial charge in [0.2, 0.25) is 0 Å². The Morgan fingerprint density at radius 1 is 1.50 bits per heavy atom. The van der Waals surface area contributed by atoms with Gasteiger partial charge in [0.15, 0.2) is 0 Å². The van der Waals surface area contributed by atoms with Gasteiger partial charge in [-0.25, -0.2) is 10.1 Å². The first-order valence-electron chi connectivity index (χ1n) is 5.98. The fourth-order valence-electron chi connectivity index (χ4n) is 1.79. The van der Waals surface area contributed by atoms with E-state index < -0.39 is 0 Å². The minimum atomic E-state index is -0.201. The van der Waals surface area contributed by atoms with Gasteiger partial charge in [-0.3, -0.25) is 4.79 Å². The Morgan fingerprint density at radius 3 is 2.89 bits per heavy atom. The number of nitrogens with one attached hydrogen (secondary N) is 2. The van der Waals surface area contributed by atoms with E-state index in [0.29, 0.717) is 0 Å². The van der Waals surface area contributed by atoms with Crippen LogP contribution in [-0.2, 0) is 7.05 Å². The molecule has 0 aliphatic heterocycles. The van der Waals surface area contributed by atoms with Crippen molar-refractivity contribution in [2.24, 2.45) is 7.05 Å². The highest BCUT2D eigenvalue weighted by Crippen LogP contribution is 2.16. The Balaban J connectivity index is 2.33. The van der Waals surface area contributed by atoms with E-state index in [0.717, 1.165) is 24.5 Å². The summed E-state index contributed by atoms with van der Waals surface area (Å²) in [5.41, 5.74) is 0.560. The number of imidazole rings is 1. The van der Waals surface area contributed by atoms with Crippen LogP contribution in [0.25, 0.3) is 0 Å². The zero-order chi connectivity index (χ0) is 13.0. The molecule has 6 heteroatoms. The standard InChI is InChI=1S/C12H17N5O/c1-3-6-13-11(12-14-7-8-17(12)2)9-4-5-10(18)16-15-9/h4-5,7-8,11,13H,3,6H2,1-2H3,(H,16,18). The predicted molar refractivity (Wildman–Crippen MR) is 68.2 cm³/mol. The number of aromatic nitrogens is 4. The van der Waals surface area contributed by atoms with E-state index >= 15 is 0 Å². The molecule has 0 saturated heterocycles. The molecule has 2 heterocycles. The summed E-state index contributed by atoms with van der Waals surface area (Å²) in [6.45, 7) is 2.96. The highest BCUT2D eigenvalue weighted by Gasteiger charge is 2.18. The van der Waals surface area contributed by atoms with Crippen molar-refractivity contribution in [1.82, 2.24) is 25.1 Å². The average molecular weight is 247 g/mol. The number of hydrogen-bond acceptors (Lipinski definition) is 4. The van der Waals surface area contributed by atoms with E-state index in [1.807, 2.05) is 17.8 Å². The van der Waals surface area contributed by atoms with Crippen LogP contribution in [0.4, 0.5) is 0 Å². The highest BCUT2D eigenvalue weighted by molar-refractivity contribution is 5.16. The van der Waals surface area contributed by atoms with Gasteiger partial charge in [-0.15, -0.1) is 0 Å². The maximum Gasteiger partial charge on any atom is 0.264 e. The molecule has 0 amide bonds. The molecule has 0 aliphatic carbocycles. The smallest absolute Gasteiger partial charge is 0.264 e. The quantitative estimate of drug-likeness (QED) is 0.811. The SMILES string of the molecule is CCCNC(c1ccc(=O)[nH]n1)c1nccn1C. The summed E-state index contributed by atoms with van der Waals surface area (Å²) < 4.78 is 1.94. The first-order chi connectivity index (χ1) is 8.72. The van der Waals surface area contributed by atoms with Gasteiger partial charge in [0.1, 0.15) is 11.9 Å². The Labute approximate surface area is 105 Å². The van der Waals surface area contributed by atoms with E-state index in [-0.39, 0.29) is 11.6 Å². The summed E-state index contributed by atoms with van der Waals surface area (Å²) >= 11 is 0. The molecule has 2 aromatic heterocycles. The number of hydrogen-bond donors (Lipinski definition) is 2. The molecule has 2 rings (SSSR count). The number of aromatic amines is 1. The third-order valence-corrected chi connectivity index (χ3v) is 2.71. The monoisotopic (exact) mass is 247 g/mol. The van der Waals surface area contributed by atoms with E-state index in [1.165, 1.54) is 6.07 Å². The van der Waals surface area contributed by atoms with Crippen molar-refractivity contribution in [3.63, 3.8) is 0 Å². The van der Waals surface area contributed by atoms with Crippen LogP contribution >= 0.6 is 0 Å². The van der Waals surface area contributed by atoms with Gasteiger partial charge in [0.05, 0.1) is 5.69 Å². The van der Waals surface area contributed by atoms with Gasteiger partial charge in [-0.05, 0) is 19.0 Å². The van der Waals surface area contributed by atoms with Gasteiger partial charge in [0.25, 0.3) is 5.56 Å². The van der Waals surface area contributed by atoms with Crippen LogP contribution in [0.15, 0.2) is 29.3 Å². The second-order valence-corrected chi connectivity index (χ2v) is 4.13. The van der Waals surface area contributed by atoms with Crippen LogP contribution in [0.3, 0.4) is 0 Å². The largest absolute Gasteiger partial charge is 0.336 e. The van der Waals surface area contributed by atoms with Gasteiger partial charge in [0, 0.05) is 25.5 Å². The fraction of sp³-hybridized carbons (Fsp3) is 0.417. The molecule has 1 unspecified atom stereocenters. The second-order valence-electron chi connectivity index (χ2n) is 4.13. The van der Waals surface area contributed by atoms with E-state index in [1.54, 1.807) is 12.3 Å². The lowest BCUT2D eigenvalue weighted by Gasteiger charge is -2.17. The molecule has 0 fully saturated rings. The summed E-state index contributed by atoms with van der Waals surface area (Å²) in [7, 11) is 1.94. The molecule has 0 bridgehead atoms. The number of aryl methyl sites for hydroxylation is 1. The molecule has 96 valence electrons. The maximum absolute atomic E-state index is 11.1. The summed E-state index contributed by atoms with van der Waals surface area (Å²) in [5.74, 6) is 0.878. The van der Waals surface area contributed by atoms with Gasteiger partial charge in [-0.1, -0.05) is 6.92 Å². The molecule has 1 atom stereocenters. The zero-order valence-electron chi connectivity index (χ0n) is 10.6. The second kappa shape index (κ2) is 5.59. The Hall–Kier alpha value is -1.95. The number of H-pyrrole nitrogens is 1. The van der Waals surface area contributed by atoms with E-state index in [2.05, 4.69) is 27.4 Å². The molecule has 2 aromatic rings. The Kier molecular flexibility index (Phi) is 3.88. The third kappa shape index (κ3) is 2.65. The molecule has 18 heavy (non-hydrogen) atoms. The molecule has 0 aromatic carbocycles. The fourth-order valence-corrected chi connectivity index (χ4v) is 1.79. The normalized spacial score (nSPS) is 12.6. The molecule has 0 radical (unpaired) electrons. The summed E-state index contributed by atoms with van der Waals surface area (Å²) in [6.07, 6.45) is 4.66. The highest BCUT2D eigenvalue weighted by atomic mass is 16.1. The third-order valence-electron chi connectivity index (χ3n) is 2.71. The van der Waals surface area contributed by atoms with Crippen molar-refractivity contribution in [3.8, 4) is 0 Å². The van der Waals surface area contributed by atoms with Crippen LogP contribution in [0.2, 0.25) is 0 Å². The van der Waals surface area contributed by atoms with Crippen molar-refractivity contribution in [2.75, 3.05) is 6.54 Å². The van der Waals surface area contributed by atoms with Crippen molar-refractivity contribution in [3.05, 3.63) is 46.4 Å². The van der Waals surface area contributed by atoms with Crippen molar-refractivity contribution in [2.45, 2.75) is 19.4 Å². The first-order valence-corrected chi connectivity index (χ1v) is 5.98. The zero-order valence-corrected chi connectivity index (χ0v) is 10.6. The Morgan fingerprint density at radius 2 is 2.33 bits per heavy atom. The van der Waals surface area contributed by atoms with Gasteiger partial charge < -0.3 is 9.88 Å². The van der Waals surface area contributed by atoms with Crippen molar-refractivity contribution < 1.29 is 0 Å². The van der Waals surface area contributed by atoms with Crippen molar-refractivity contribution in [1.29, 1.82) is 0 Å². The predicted octanol–water partition coefficient (Wildman–Crippen LogP) is 0.592. The maximum atomic E-state index is 11.1. The molecular formula is C12H17N5O. The van der Waals surface area contributed by atoms with Crippen LogP contribution in [0.1, 0.15) is 30.9 Å². The molecule has 6 nitrogen and oxygen atoms in total. The van der Waals surface area contributed by atoms with Crippen LogP contribution < -0.4 is 10.9 Å². The minimum Gasteiger partial charge on any atom is -0.336 e. The first kappa shape index (κ1) is 12.5. The summed E-state index contributed by atoms with van der Waals surface area (Å²) in [5, 5.41) is 9.91. The minimum absolute atomic E-state index is 0.109. The van der Waals surface area contributed by atoms with Crippen molar-refractivity contribution >= 4 is 0 Å². The topological polar surface area (TPSA) is 75.6 Å². The molecular weight excluding hydrogens is 230 g/mol. The summed E-state index contributed by atoms with van der Waals surface area (Å²) in [4.78, 5) is 15.4. The average Bonchev–Trinajstić information content (AvgIpc) is 2.78. The molecule has 0 saturated carbocycles. The lowest BCUT2D eigenvalue weighted by atomic mass is 10.1. The molecule has 2 N–H and O–H groups in total. The lowest BCUT2D eigenvalue weighted by molar-refractivity contribution is 0.539. The van der Waals surface area contributed by atoms with Gasteiger partial charge >= 0.3 is 0 Å². The molecule has 0 spiro atoms. The lowest BCUT2D eigenvalue weighted by Crippen LogP contribution is -2.27. The van der Waals surface area contributed by atoms with E-state index in [9.17, 15) is 4.79 Å². The van der Waals surface area contributed by atoms with Crippen LogP contribution in [0.5, 0.6) is 0 Å². The number of rotatable bonds is 5. The van der Waals surface area contributed by atoms with Crippen LogP contribution in [-0.4, -0.2) is 26.3 Å². The summed E-state index contributed by atoms with van der Waals surface area (Å²) in [6, 6.07) is 3.09. The van der Waals surface area contributed by atoms with Crippen LogP contribution in [0, 0.1) is 0 Å². The Bertz CT molecular complexity index is 539.